The molecule has 1 aromatic heterocycles. The van der Waals surface area contributed by atoms with E-state index in [4.69, 9.17) is 9.47 Å². The molecule has 1 fully saturated rings. The van der Waals surface area contributed by atoms with Gasteiger partial charge in [0.2, 0.25) is 0 Å². The quantitative estimate of drug-likeness (QED) is 0.441. The first-order valence-electron chi connectivity index (χ1n) is 10.4. The number of alkyl halides is 3. The van der Waals surface area contributed by atoms with E-state index < -0.39 is 11.7 Å². The normalized spacial score (nSPS) is 17.6. The van der Waals surface area contributed by atoms with Gasteiger partial charge in [-0.3, -0.25) is 4.79 Å². The summed E-state index contributed by atoms with van der Waals surface area (Å²) in [5.41, 5.74) is -0.385. The van der Waals surface area contributed by atoms with E-state index in [0.29, 0.717) is 38.6 Å². The van der Waals surface area contributed by atoms with E-state index in [1.54, 1.807) is 13.0 Å². The first kappa shape index (κ1) is 23.2. The zero-order valence-electron chi connectivity index (χ0n) is 17.5. The van der Waals surface area contributed by atoms with Crippen LogP contribution in [-0.4, -0.2) is 65.3 Å². The Bertz CT molecular complexity index is 856. The van der Waals surface area contributed by atoms with Gasteiger partial charge in [0.1, 0.15) is 0 Å². The van der Waals surface area contributed by atoms with Gasteiger partial charge in [0.15, 0.2) is 0 Å². The van der Waals surface area contributed by atoms with Crippen molar-refractivity contribution >= 4 is 5.97 Å². The molecule has 0 spiro atoms. The highest BCUT2D eigenvalue weighted by Gasteiger charge is 2.34. The van der Waals surface area contributed by atoms with Crippen molar-refractivity contribution in [1.29, 1.82) is 0 Å². The third-order valence-corrected chi connectivity index (χ3v) is 5.25. The van der Waals surface area contributed by atoms with Crippen LogP contribution in [0.3, 0.4) is 0 Å². The van der Waals surface area contributed by atoms with E-state index in [1.165, 1.54) is 23.0 Å². The van der Waals surface area contributed by atoms with E-state index in [9.17, 15) is 18.0 Å². The molecule has 1 saturated heterocycles. The summed E-state index contributed by atoms with van der Waals surface area (Å²) >= 11 is 0. The first-order valence-corrected chi connectivity index (χ1v) is 10.4. The van der Waals surface area contributed by atoms with Crippen molar-refractivity contribution in [3.05, 3.63) is 36.0 Å². The van der Waals surface area contributed by atoms with Gasteiger partial charge < -0.3 is 14.4 Å². The maximum Gasteiger partial charge on any atom is 0.417 e. The predicted octanol–water partition coefficient (Wildman–Crippen LogP) is 3.26. The highest BCUT2D eigenvalue weighted by molar-refractivity contribution is 5.72. The highest BCUT2D eigenvalue weighted by atomic mass is 19.4. The van der Waals surface area contributed by atoms with Gasteiger partial charge in [-0.05, 0) is 32.4 Å². The molecule has 0 N–H and O–H groups in total. The highest BCUT2D eigenvalue weighted by Crippen LogP contribution is 2.36. The molecule has 3 rings (SSSR count). The van der Waals surface area contributed by atoms with Crippen LogP contribution in [0.25, 0.3) is 11.3 Å². The van der Waals surface area contributed by atoms with Crippen molar-refractivity contribution in [3.63, 3.8) is 0 Å². The molecule has 31 heavy (non-hydrogen) atoms. The zero-order valence-corrected chi connectivity index (χ0v) is 17.5. The Morgan fingerprint density at radius 3 is 2.77 bits per heavy atom. The van der Waals surface area contributed by atoms with Gasteiger partial charge >= 0.3 is 12.1 Å². The second-order valence-electron chi connectivity index (χ2n) is 7.39. The molecule has 1 aliphatic rings. The molecule has 2 heterocycles. The van der Waals surface area contributed by atoms with Crippen molar-refractivity contribution in [2.75, 3.05) is 39.5 Å². The molecule has 0 bridgehead atoms. The molecule has 1 aromatic carbocycles. The fourth-order valence-electron chi connectivity index (χ4n) is 3.74. The molecular weight excluding hydrogens is 413 g/mol. The third-order valence-electron chi connectivity index (χ3n) is 5.25. The second kappa shape index (κ2) is 10.7. The minimum Gasteiger partial charge on any atom is -0.466 e. The summed E-state index contributed by atoms with van der Waals surface area (Å²) in [7, 11) is 0. The van der Waals surface area contributed by atoms with Crippen LogP contribution in [0.2, 0.25) is 0 Å². The van der Waals surface area contributed by atoms with Crippen LogP contribution in [0.5, 0.6) is 0 Å². The maximum absolute atomic E-state index is 13.3. The van der Waals surface area contributed by atoms with Crippen molar-refractivity contribution in [2.45, 2.75) is 32.5 Å². The van der Waals surface area contributed by atoms with Gasteiger partial charge in [-0.25, -0.2) is 4.68 Å². The summed E-state index contributed by atoms with van der Waals surface area (Å²) in [6.45, 7) is 5.46. The smallest absolute Gasteiger partial charge is 0.417 e. The molecule has 1 atom stereocenters. The van der Waals surface area contributed by atoms with Gasteiger partial charge in [-0.15, -0.1) is 5.10 Å². The largest absolute Gasteiger partial charge is 0.466 e. The monoisotopic (exact) mass is 440 g/mol. The minimum absolute atomic E-state index is 0.0401. The molecule has 170 valence electrons. The maximum atomic E-state index is 13.3. The van der Waals surface area contributed by atoms with E-state index in [2.05, 4.69) is 15.2 Å². The van der Waals surface area contributed by atoms with Gasteiger partial charge in [0.05, 0.1) is 49.7 Å². The molecule has 1 aliphatic heterocycles. The number of halogens is 3. The molecule has 0 saturated carbocycles. The van der Waals surface area contributed by atoms with Crippen molar-refractivity contribution in [1.82, 2.24) is 19.9 Å². The SMILES string of the molecule is CCOC(=O)C1CCCN(CCOCCn2nncc2-c2ccccc2C(F)(F)F)C1. The Morgan fingerprint density at radius 1 is 1.23 bits per heavy atom. The first-order chi connectivity index (χ1) is 14.9. The van der Waals surface area contributed by atoms with Gasteiger partial charge in [-0.1, -0.05) is 23.4 Å². The summed E-state index contributed by atoms with van der Waals surface area (Å²) in [6, 6.07) is 5.37. The lowest BCUT2D eigenvalue weighted by molar-refractivity contribution is -0.150. The number of esters is 1. The number of hydrogen-bond acceptors (Lipinski definition) is 6. The van der Waals surface area contributed by atoms with Crippen LogP contribution in [0.15, 0.2) is 30.5 Å². The van der Waals surface area contributed by atoms with Crippen molar-refractivity contribution < 1.29 is 27.4 Å². The Hall–Kier alpha value is -2.46. The molecule has 7 nitrogen and oxygen atoms in total. The molecular formula is C21H27F3N4O3. The lowest BCUT2D eigenvalue weighted by Gasteiger charge is -2.31. The van der Waals surface area contributed by atoms with Gasteiger partial charge in [0.25, 0.3) is 0 Å². The van der Waals surface area contributed by atoms with Crippen LogP contribution in [0.1, 0.15) is 25.3 Å². The average molecular weight is 440 g/mol. The van der Waals surface area contributed by atoms with E-state index in [1.807, 2.05) is 0 Å². The lowest BCUT2D eigenvalue weighted by Crippen LogP contribution is -2.41. The van der Waals surface area contributed by atoms with E-state index >= 15 is 0 Å². The number of benzene rings is 1. The van der Waals surface area contributed by atoms with Crippen molar-refractivity contribution in [3.8, 4) is 11.3 Å². The Morgan fingerprint density at radius 2 is 2.00 bits per heavy atom. The summed E-state index contributed by atoms with van der Waals surface area (Å²) in [4.78, 5) is 14.1. The van der Waals surface area contributed by atoms with Gasteiger partial charge in [0, 0.05) is 18.7 Å². The van der Waals surface area contributed by atoms with E-state index in [0.717, 1.165) is 25.5 Å². The zero-order chi connectivity index (χ0) is 22.3. The number of nitrogens with zero attached hydrogens (tertiary/aromatic N) is 4. The lowest BCUT2D eigenvalue weighted by atomic mass is 9.98. The summed E-state index contributed by atoms with van der Waals surface area (Å²) in [5.74, 6) is -0.244. The number of likely N-dealkylation sites (tertiary alicyclic amines) is 1. The molecule has 0 radical (unpaired) electrons. The van der Waals surface area contributed by atoms with E-state index in [-0.39, 0.29) is 24.0 Å². The fraction of sp³-hybridized carbons (Fsp3) is 0.571. The number of rotatable bonds is 9. The second-order valence-corrected chi connectivity index (χ2v) is 7.39. The molecule has 10 heteroatoms. The van der Waals surface area contributed by atoms with Crippen molar-refractivity contribution in [2.24, 2.45) is 5.92 Å². The van der Waals surface area contributed by atoms with Gasteiger partial charge in [-0.2, -0.15) is 13.2 Å². The van der Waals surface area contributed by atoms with Crippen LogP contribution in [0, 0.1) is 5.92 Å². The van der Waals surface area contributed by atoms with Crippen LogP contribution >= 0.6 is 0 Å². The third kappa shape index (κ3) is 6.27. The average Bonchev–Trinajstić information content (AvgIpc) is 3.22. The summed E-state index contributed by atoms with van der Waals surface area (Å²) in [5, 5.41) is 7.68. The Kier molecular flexibility index (Phi) is 8.03. The summed E-state index contributed by atoms with van der Waals surface area (Å²) in [6.07, 6.45) is -1.36. The number of aromatic nitrogens is 3. The molecule has 0 aliphatic carbocycles. The van der Waals surface area contributed by atoms with Crippen LogP contribution in [0.4, 0.5) is 13.2 Å². The summed E-state index contributed by atoms with van der Waals surface area (Å²) < 4.78 is 52.1. The fourth-order valence-corrected chi connectivity index (χ4v) is 3.74. The standard InChI is InChI=1S/C21H27F3N4O3/c1-2-31-20(29)16-6-5-9-27(15-16)10-12-30-13-11-28-19(14-25-26-28)17-7-3-4-8-18(17)21(22,23)24/h3-4,7-8,14,16H,2,5-6,9-13,15H2,1H3. The van der Waals surface area contributed by atoms with Crippen LogP contribution < -0.4 is 0 Å². The number of ether oxygens (including phenoxy) is 2. The number of carbonyl (C=O) groups excluding carboxylic acids is 1. The Balaban J connectivity index is 1.48. The predicted molar refractivity (Wildman–Crippen MR) is 107 cm³/mol. The molecule has 2 aromatic rings. The topological polar surface area (TPSA) is 69.5 Å². The molecule has 1 unspecified atom stereocenters. The number of hydrogen-bond donors (Lipinski definition) is 0. The Labute approximate surface area is 179 Å². The number of carbonyl (C=O) groups is 1. The molecule has 0 amide bonds. The minimum atomic E-state index is -4.46. The number of piperidine rings is 1. The van der Waals surface area contributed by atoms with Crippen LogP contribution in [-0.2, 0) is 27.0 Å².